The lowest BCUT2D eigenvalue weighted by Crippen LogP contribution is -2.40. The third-order valence-electron chi connectivity index (χ3n) is 12.8. The fourth-order valence-electron chi connectivity index (χ4n) is 10.2. The fourth-order valence-corrected chi connectivity index (χ4v) is 11.3. The number of rotatable bonds is 4. The van der Waals surface area contributed by atoms with E-state index < -0.39 is 5.41 Å². The molecule has 0 radical (unpaired) electrons. The van der Waals surface area contributed by atoms with Gasteiger partial charge in [0, 0.05) is 42.3 Å². The van der Waals surface area contributed by atoms with E-state index in [0.717, 1.165) is 16.7 Å². The number of thiophene rings is 1. The number of fused-ring (bicyclic) bond motifs is 12. The molecule has 0 amide bonds. The van der Waals surface area contributed by atoms with Crippen molar-refractivity contribution >= 4 is 31.5 Å². The Labute approximate surface area is 347 Å². The molecule has 3 nitrogen and oxygen atoms in total. The molecule has 0 bridgehead atoms. The maximum absolute atomic E-state index is 5.31. The van der Waals surface area contributed by atoms with Crippen molar-refractivity contribution in [2.45, 2.75) is 24.7 Å². The first-order valence-electron chi connectivity index (χ1n) is 20.3. The van der Waals surface area contributed by atoms with E-state index >= 15 is 0 Å². The minimum atomic E-state index is -0.561. The summed E-state index contributed by atoms with van der Waals surface area (Å²) in [5.41, 5.74) is 14.8. The maximum atomic E-state index is 5.31. The Morgan fingerprint density at radius 3 is 1.56 bits per heavy atom. The standard InChI is InChI=1S/C55H37N3S/c1-54(2)43-22-10-12-24-45(43)55(46-25-13-11-23-44(46)54)42-31-29-36(37-28-30-39-38-20-9-14-27-48(38)59-49(39)33-37)32-41(42)50-40(21-15-26-47(50)55)53-57-51(34-16-5-3-6-17-34)56-52(58-53)35-18-7-4-8-19-35/h3-33H,1-2H3. The maximum Gasteiger partial charge on any atom is 0.164 e. The van der Waals surface area contributed by atoms with Crippen LogP contribution in [0.25, 0.3) is 76.6 Å². The number of hydrogen-bond donors (Lipinski definition) is 0. The van der Waals surface area contributed by atoms with Crippen LogP contribution in [-0.4, -0.2) is 15.0 Å². The van der Waals surface area contributed by atoms with E-state index in [4.69, 9.17) is 15.0 Å². The Hall–Kier alpha value is -7.01. The van der Waals surface area contributed by atoms with Gasteiger partial charge in [-0.15, -0.1) is 11.3 Å². The molecule has 1 spiro atoms. The minimum absolute atomic E-state index is 0.193. The van der Waals surface area contributed by atoms with E-state index in [1.54, 1.807) is 0 Å². The first-order valence-corrected chi connectivity index (χ1v) is 21.1. The molecule has 0 fully saturated rings. The smallest absolute Gasteiger partial charge is 0.164 e. The zero-order valence-electron chi connectivity index (χ0n) is 32.6. The Morgan fingerprint density at radius 2 is 0.881 bits per heavy atom. The second kappa shape index (κ2) is 12.7. The molecule has 2 aliphatic rings. The highest BCUT2D eigenvalue weighted by Crippen LogP contribution is 2.63. The quantitative estimate of drug-likeness (QED) is 0.179. The largest absolute Gasteiger partial charge is 0.208 e. The van der Waals surface area contributed by atoms with Crippen molar-refractivity contribution < 1.29 is 0 Å². The summed E-state index contributed by atoms with van der Waals surface area (Å²) in [6.07, 6.45) is 0. The molecule has 12 rings (SSSR count). The van der Waals surface area contributed by atoms with Crippen molar-refractivity contribution in [3.63, 3.8) is 0 Å². The molecule has 59 heavy (non-hydrogen) atoms. The lowest BCUT2D eigenvalue weighted by atomic mass is 9.55. The van der Waals surface area contributed by atoms with Gasteiger partial charge in [0.1, 0.15) is 0 Å². The highest BCUT2D eigenvalue weighted by molar-refractivity contribution is 7.25. The van der Waals surface area contributed by atoms with Crippen LogP contribution in [0.1, 0.15) is 47.2 Å². The molecule has 0 unspecified atom stereocenters. The van der Waals surface area contributed by atoms with Crippen molar-refractivity contribution in [1.82, 2.24) is 15.0 Å². The summed E-state index contributed by atoms with van der Waals surface area (Å²) in [5, 5.41) is 2.62. The van der Waals surface area contributed by atoms with Gasteiger partial charge >= 0.3 is 0 Å². The number of hydrogen-bond acceptors (Lipinski definition) is 4. The predicted octanol–water partition coefficient (Wildman–Crippen LogP) is 13.9. The number of benzene rings is 8. The van der Waals surface area contributed by atoms with Crippen LogP contribution in [0, 0.1) is 0 Å². The summed E-state index contributed by atoms with van der Waals surface area (Å²) >= 11 is 1.86. The minimum Gasteiger partial charge on any atom is -0.208 e. The molecule has 0 saturated heterocycles. The van der Waals surface area contributed by atoms with Gasteiger partial charge in [0.2, 0.25) is 0 Å². The van der Waals surface area contributed by atoms with Gasteiger partial charge in [-0.2, -0.15) is 0 Å². The third-order valence-corrected chi connectivity index (χ3v) is 14.0. The molecular formula is C55H37N3S. The van der Waals surface area contributed by atoms with E-state index in [9.17, 15) is 0 Å². The van der Waals surface area contributed by atoms with Gasteiger partial charge in [0.05, 0.1) is 5.41 Å². The van der Waals surface area contributed by atoms with Gasteiger partial charge in [0.25, 0.3) is 0 Å². The predicted molar refractivity (Wildman–Crippen MR) is 244 cm³/mol. The summed E-state index contributed by atoms with van der Waals surface area (Å²) in [6, 6.07) is 68.4. The number of aromatic nitrogens is 3. The monoisotopic (exact) mass is 771 g/mol. The lowest BCUT2D eigenvalue weighted by molar-refractivity contribution is 0.563. The van der Waals surface area contributed by atoms with Gasteiger partial charge in [0.15, 0.2) is 17.5 Å². The third kappa shape index (κ3) is 4.90. The van der Waals surface area contributed by atoms with E-state index in [1.165, 1.54) is 75.8 Å². The van der Waals surface area contributed by atoms with Crippen LogP contribution in [0.2, 0.25) is 0 Å². The Morgan fingerprint density at radius 1 is 0.356 bits per heavy atom. The Kier molecular flexibility index (Phi) is 7.36. The van der Waals surface area contributed by atoms with Crippen LogP contribution in [0.5, 0.6) is 0 Å². The van der Waals surface area contributed by atoms with Gasteiger partial charge < -0.3 is 0 Å². The van der Waals surface area contributed by atoms with Crippen molar-refractivity contribution in [3.8, 4) is 56.4 Å². The normalized spacial score (nSPS) is 14.2. The summed E-state index contributed by atoms with van der Waals surface area (Å²) < 4.78 is 2.61. The molecule has 0 N–H and O–H groups in total. The fraction of sp³-hybridized carbons (Fsp3) is 0.0727. The highest BCUT2D eigenvalue weighted by Gasteiger charge is 2.53. The van der Waals surface area contributed by atoms with Gasteiger partial charge in [-0.1, -0.05) is 184 Å². The van der Waals surface area contributed by atoms with Crippen LogP contribution in [-0.2, 0) is 10.8 Å². The number of nitrogens with zero attached hydrogens (tertiary/aromatic N) is 3. The summed E-state index contributed by atoms with van der Waals surface area (Å²) in [7, 11) is 0. The lowest BCUT2D eigenvalue weighted by Gasteiger charge is -2.46. The molecule has 2 aromatic heterocycles. The average molecular weight is 772 g/mol. The van der Waals surface area contributed by atoms with Crippen molar-refractivity contribution in [2.24, 2.45) is 0 Å². The Balaban J connectivity index is 1.17. The van der Waals surface area contributed by atoms with Crippen molar-refractivity contribution in [1.29, 1.82) is 0 Å². The van der Waals surface area contributed by atoms with Crippen LogP contribution in [0.4, 0.5) is 0 Å². The zero-order chi connectivity index (χ0) is 39.3. The highest BCUT2D eigenvalue weighted by atomic mass is 32.1. The molecule has 278 valence electrons. The molecule has 4 heteroatoms. The first-order chi connectivity index (χ1) is 29.0. The second-order valence-electron chi connectivity index (χ2n) is 16.3. The molecule has 0 atom stereocenters. The molecule has 2 aliphatic carbocycles. The van der Waals surface area contributed by atoms with Crippen molar-refractivity contribution in [2.75, 3.05) is 0 Å². The average Bonchev–Trinajstić information content (AvgIpc) is 3.82. The zero-order valence-corrected chi connectivity index (χ0v) is 33.5. The van der Waals surface area contributed by atoms with Gasteiger partial charge in [-0.3, -0.25) is 0 Å². The van der Waals surface area contributed by atoms with Crippen LogP contribution < -0.4 is 0 Å². The molecule has 8 aromatic carbocycles. The second-order valence-corrected chi connectivity index (χ2v) is 17.4. The Bertz CT molecular complexity index is 3200. The molecular weight excluding hydrogens is 735 g/mol. The first kappa shape index (κ1) is 34.1. The van der Waals surface area contributed by atoms with Crippen LogP contribution in [0.3, 0.4) is 0 Å². The van der Waals surface area contributed by atoms with E-state index in [1.807, 2.05) is 47.7 Å². The van der Waals surface area contributed by atoms with E-state index in [0.29, 0.717) is 17.5 Å². The molecule has 0 aliphatic heterocycles. The summed E-state index contributed by atoms with van der Waals surface area (Å²) in [4.78, 5) is 15.7. The molecule has 2 heterocycles. The van der Waals surface area contributed by atoms with Crippen molar-refractivity contribution in [3.05, 3.63) is 221 Å². The van der Waals surface area contributed by atoms with Crippen LogP contribution in [0.15, 0.2) is 188 Å². The molecule has 0 saturated carbocycles. The van der Waals surface area contributed by atoms with E-state index in [2.05, 4.69) is 166 Å². The summed E-state index contributed by atoms with van der Waals surface area (Å²) in [5.74, 6) is 1.97. The topological polar surface area (TPSA) is 38.7 Å². The summed E-state index contributed by atoms with van der Waals surface area (Å²) in [6.45, 7) is 4.75. The molecule has 10 aromatic rings. The van der Waals surface area contributed by atoms with Gasteiger partial charge in [-0.05, 0) is 73.8 Å². The van der Waals surface area contributed by atoms with E-state index in [-0.39, 0.29) is 5.41 Å². The van der Waals surface area contributed by atoms with Crippen LogP contribution >= 0.6 is 11.3 Å². The SMILES string of the molecule is CC1(C)c2ccccc2C2(c3ccc(-c4ccc5c(c4)sc4ccccc45)cc3-c3c(-c4nc(-c5ccccc5)nc(-c5ccccc5)n4)cccc32)c2ccccc21. The van der Waals surface area contributed by atoms with Gasteiger partial charge in [-0.25, -0.2) is 15.0 Å².